The van der Waals surface area contributed by atoms with Crippen molar-refractivity contribution in [3.63, 3.8) is 0 Å². The van der Waals surface area contributed by atoms with Gasteiger partial charge in [0.1, 0.15) is 5.82 Å². The Bertz CT molecular complexity index is 1010. The van der Waals surface area contributed by atoms with Crippen LogP contribution in [0, 0.1) is 12.7 Å². The van der Waals surface area contributed by atoms with Crippen LogP contribution in [0.15, 0.2) is 47.8 Å². The lowest BCUT2D eigenvalue weighted by Crippen LogP contribution is -2.23. The van der Waals surface area contributed by atoms with Gasteiger partial charge in [0.25, 0.3) is 5.91 Å². The highest BCUT2D eigenvalue weighted by atomic mass is 32.1. The van der Waals surface area contributed by atoms with Crippen LogP contribution in [-0.4, -0.2) is 16.8 Å². The van der Waals surface area contributed by atoms with Gasteiger partial charge >= 0.3 is 0 Å². The summed E-state index contributed by atoms with van der Waals surface area (Å²) in [5.41, 5.74) is 3.38. The van der Waals surface area contributed by atoms with Crippen LogP contribution in [0.25, 0.3) is 11.3 Å². The van der Waals surface area contributed by atoms with E-state index in [2.05, 4.69) is 15.6 Å². The lowest BCUT2D eigenvalue weighted by Gasteiger charge is -2.13. The molecule has 0 aliphatic heterocycles. The number of hydrogen-bond acceptors (Lipinski definition) is 4. The zero-order valence-corrected chi connectivity index (χ0v) is 16.6. The zero-order chi connectivity index (χ0) is 20.3. The van der Waals surface area contributed by atoms with E-state index in [1.54, 1.807) is 13.0 Å². The van der Waals surface area contributed by atoms with Gasteiger partial charge in [0.2, 0.25) is 5.91 Å². The van der Waals surface area contributed by atoms with Crippen LogP contribution in [-0.2, 0) is 4.79 Å². The molecular weight excluding hydrogens is 377 g/mol. The first kappa shape index (κ1) is 19.7. The standard InChI is InChI=1S/C21H20FN3O2S/c1-12-4-9-18(22)17(10-12)20(27)25-21-24-19(11-28-21)16-7-5-15(6-8-16)13(2)23-14(3)26/h4-11,13H,1-3H3,(H,23,26)(H,24,25,27)/t13-/m0/s1. The molecule has 0 aliphatic carbocycles. The normalized spacial score (nSPS) is 11.7. The number of aromatic nitrogens is 1. The second-order valence-corrected chi connectivity index (χ2v) is 7.38. The molecule has 0 unspecified atom stereocenters. The van der Waals surface area contributed by atoms with Crippen LogP contribution in [0.1, 0.15) is 41.4 Å². The van der Waals surface area contributed by atoms with Gasteiger partial charge in [-0.05, 0) is 31.5 Å². The van der Waals surface area contributed by atoms with E-state index in [0.29, 0.717) is 10.8 Å². The van der Waals surface area contributed by atoms with Crippen molar-refractivity contribution in [3.05, 3.63) is 70.4 Å². The number of rotatable bonds is 5. The van der Waals surface area contributed by atoms with Crippen LogP contribution in [0.2, 0.25) is 0 Å². The molecule has 0 aliphatic rings. The predicted octanol–water partition coefficient (Wildman–Crippen LogP) is 4.71. The van der Waals surface area contributed by atoms with Gasteiger partial charge in [-0.2, -0.15) is 0 Å². The third-order valence-electron chi connectivity index (χ3n) is 4.22. The summed E-state index contributed by atoms with van der Waals surface area (Å²) in [5.74, 6) is -1.17. The summed E-state index contributed by atoms with van der Waals surface area (Å²) in [5, 5.41) is 7.71. The zero-order valence-electron chi connectivity index (χ0n) is 15.7. The summed E-state index contributed by atoms with van der Waals surface area (Å²) in [4.78, 5) is 27.9. The second kappa shape index (κ2) is 8.31. The van der Waals surface area contributed by atoms with Gasteiger partial charge in [0.05, 0.1) is 17.3 Å². The van der Waals surface area contributed by atoms with Crippen molar-refractivity contribution in [2.24, 2.45) is 0 Å². The minimum Gasteiger partial charge on any atom is -0.350 e. The number of nitrogens with zero attached hydrogens (tertiary/aromatic N) is 1. The van der Waals surface area contributed by atoms with Gasteiger partial charge in [0, 0.05) is 17.9 Å². The molecule has 144 valence electrons. The van der Waals surface area contributed by atoms with Crippen LogP contribution in [0.4, 0.5) is 9.52 Å². The molecule has 1 atom stereocenters. The molecule has 0 saturated carbocycles. The van der Waals surface area contributed by atoms with Crippen LogP contribution < -0.4 is 10.6 Å². The molecule has 0 saturated heterocycles. The molecule has 5 nitrogen and oxygen atoms in total. The molecule has 2 aromatic carbocycles. The Hall–Kier alpha value is -3.06. The van der Waals surface area contributed by atoms with Crippen molar-refractivity contribution in [1.29, 1.82) is 0 Å². The van der Waals surface area contributed by atoms with E-state index in [4.69, 9.17) is 0 Å². The smallest absolute Gasteiger partial charge is 0.260 e. The fraction of sp³-hybridized carbons (Fsp3) is 0.190. The minimum absolute atomic E-state index is 0.00642. The number of nitrogens with one attached hydrogen (secondary N) is 2. The van der Waals surface area contributed by atoms with Crippen LogP contribution in [0.3, 0.4) is 0 Å². The Morgan fingerprint density at radius 1 is 1.14 bits per heavy atom. The highest BCUT2D eigenvalue weighted by Crippen LogP contribution is 2.26. The molecule has 1 heterocycles. The topological polar surface area (TPSA) is 71.1 Å². The van der Waals surface area contributed by atoms with Gasteiger partial charge in [0.15, 0.2) is 5.13 Å². The SMILES string of the molecule is CC(=O)N[C@@H](C)c1ccc(-c2csc(NC(=O)c3cc(C)ccc3F)n2)cc1. The van der Waals surface area contributed by atoms with Crippen molar-refractivity contribution < 1.29 is 14.0 Å². The Morgan fingerprint density at radius 2 is 1.86 bits per heavy atom. The van der Waals surface area contributed by atoms with Crippen LogP contribution >= 0.6 is 11.3 Å². The maximum atomic E-state index is 13.9. The molecule has 0 spiro atoms. The molecule has 2 N–H and O–H groups in total. The average molecular weight is 397 g/mol. The maximum Gasteiger partial charge on any atom is 0.260 e. The first-order chi connectivity index (χ1) is 13.3. The third kappa shape index (κ3) is 4.61. The molecule has 3 aromatic rings. The van der Waals surface area contributed by atoms with Crippen molar-refractivity contribution in [2.45, 2.75) is 26.8 Å². The third-order valence-corrected chi connectivity index (χ3v) is 4.98. The molecule has 0 fully saturated rings. The summed E-state index contributed by atoms with van der Waals surface area (Å²) in [6, 6.07) is 12.0. The second-order valence-electron chi connectivity index (χ2n) is 6.52. The summed E-state index contributed by atoms with van der Waals surface area (Å²) in [6.07, 6.45) is 0. The highest BCUT2D eigenvalue weighted by Gasteiger charge is 2.14. The molecule has 2 amide bonds. The highest BCUT2D eigenvalue weighted by molar-refractivity contribution is 7.14. The average Bonchev–Trinajstić information content (AvgIpc) is 3.11. The van der Waals surface area contributed by atoms with Crippen molar-refractivity contribution >= 4 is 28.3 Å². The summed E-state index contributed by atoms with van der Waals surface area (Å²) < 4.78 is 13.9. The van der Waals surface area contributed by atoms with E-state index in [0.717, 1.165) is 16.7 Å². The Kier molecular flexibility index (Phi) is 5.84. The Balaban J connectivity index is 1.72. The van der Waals surface area contributed by atoms with Crippen molar-refractivity contribution in [3.8, 4) is 11.3 Å². The van der Waals surface area contributed by atoms with E-state index in [9.17, 15) is 14.0 Å². The molecule has 0 radical (unpaired) electrons. The number of amides is 2. The van der Waals surface area contributed by atoms with Gasteiger partial charge in [-0.1, -0.05) is 35.9 Å². The molecule has 3 rings (SSSR count). The Labute approximate surface area is 166 Å². The van der Waals surface area contributed by atoms with Crippen molar-refractivity contribution in [2.75, 3.05) is 5.32 Å². The van der Waals surface area contributed by atoms with E-state index in [1.165, 1.54) is 30.4 Å². The number of hydrogen-bond donors (Lipinski definition) is 2. The largest absolute Gasteiger partial charge is 0.350 e. The van der Waals surface area contributed by atoms with E-state index < -0.39 is 11.7 Å². The number of halogens is 1. The number of anilines is 1. The van der Waals surface area contributed by atoms with Gasteiger partial charge in [-0.3, -0.25) is 14.9 Å². The summed E-state index contributed by atoms with van der Waals surface area (Å²) in [7, 11) is 0. The molecule has 1 aromatic heterocycles. The van der Waals surface area contributed by atoms with E-state index in [-0.39, 0.29) is 17.5 Å². The first-order valence-corrected chi connectivity index (χ1v) is 9.62. The monoisotopic (exact) mass is 397 g/mol. The quantitative estimate of drug-likeness (QED) is 0.655. The lowest BCUT2D eigenvalue weighted by atomic mass is 10.1. The van der Waals surface area contributed by atoms with E-state index >= 15 is 0 Å². The number of thiazole rings is 1. The molecule has 28 heavy (non-hydrogen) atoms. The summed E-state index contributed by atoms with van der Waals surface area (Å²) >= 11 is 1.27. The summed E-state index contributed by atoms with van der Waals surface area (Å²) in [6.45, 7) is 5.20. The number of carbonyl (C=O) groups excluding carboxylic acids is 2. The van der Waals surface area contributed by atoms with E-state index in [1.807, 2.05) is 36.6 Å². The predicted molar refractivity (Wildman–Crippen MR) is 109 cm³/mol. The maximum absolute atomic E-state index is 13.9. The van der Waals surface area contributed by atoms with Gasteiger partial charge in [-0.25, -0.2) is 9.37 Å². The minimum atomic E-state index is -0.566. The molecular formula is C21H20FN3O2S. The molecule has 7 heteroatoms. The number of carbonyl (C=O) groups is 2. The van der Waals surface area contributed by atoms with Crippen LogP contribution in [0.5, 0.6) is 0 Å². The van der Waals surface area contributed by atoms with Gasteiger partial charge in [-0.15, -0.1) is 11.3 Å². The Morgan fingerprint density at radius 3 is 2.54 bits per heavy atom. The fourth-order valence-electron chi connectivity index (χ4n) is 2.77. The first-order valence-electron chi connectivity index (χ1n) is 8.74. The molecule has 0 bridgehead atoms. The number of benzene rings is 2. The van der Waals surface area contributed by atoms with Crippen molar-refractivity contribution in [1.82, 2.24) is 10.3 Å². The fourth-order valence-corrected chi connectivity index (χ4v) is 3.49. The van der Waals surface area contributed by atoms with Gasteiger partial charge < -0.3 is 5.32 Å². The lowest BCUT2D eigenvalue weighted by molar-refractivity contribution is -0.119. The number of aryl methyl sites for hydroxylation is 1.